The Morgan fingerprint density at radius 3 is 2.40 bits per heavy atom. The molecule has 0 radical (unpaired) electrons. The van der Waals surface area contributed by atoms with Crippen molar-refractivity contribution in [3.8, 4) is 0 Å². The molecule has 4 aliphatic rings. The number of hydrogen-bond donors (Lipinski definition) is 6. The Kier molecular flexibility index (Phi) is 6.69. The highest BCUT2D eigenvalue weighted by Crippen LogP contribution is 2.68. The lowest BCUT2D eigenvalue weighted by atomic mass is 9.45. The maximum Gasteiger partial charge on any atom is 0.159 e. The van der Waals surface area contributed by atoms with E-state index in [1.165, 1.54) is 6.92 Å². The van der Waals surface area contributed by atoms with Gasteiger partial charge in [-0.3, -0.25) is 4.79 Å². The summed E-state index contributed by atoms with van der Waals surface area (Å²) in [6.07, 6.45) is 3.44. The number of allylic oxidation sites excluding steroid dienone is 1. The molecular formula is C27H42O8. The number of rotatable bonds is 7. The average Bonchev–Trinajstić information content (AvgIpc) is 3.08. The molecule has 4 aliphatic carbocycles. The molecule has 8 heteroatoms. The molecule has 3 fully saturated rings. The third-order valence-electron chi connectivity index (χ3n) is 10.6. The molecule has 198 valence electrons. The van der Waals surface area contributed by atoms with Gasteiger partial charge in [-0.05, 0) is 93.6 Å². The fourth-order valence-corrected chi connectivity index (χ4v) is 8.41. The number of carbonyl (C=O) groups excluding carboxylic acids is 2. The lowest BCUT2D eigenvalue weighted by molar-refractivity contribution is -0.168. The van der Waals surface area contributed by atoms with Crippen molar-refractivity contribution in [2.24, 2.45) is 28.6 Å². The van der Waals surface area contributed by atoms with Crippen molar-refractivity contribution in [3.63, 3.8) is 0 Å². The summed E-state index contributed by atoms with van der Waals surface area (Å²) < 4.78 is 0. The smallest absolute Gasteiger partial charge is 0.159 e. The van der Waals surface area contributed by atoms with Crippen LogP contribution in [0, 0.1) is 28.6 Å². The van der Waals surface area contributed by atoms with Crippen LogP contribution in [-0.2, 0) is 9.59 Å². The minimum atomic E-state index is -1.50. The van der Waals surface area contributed by atoms with Crippen LogP contribution in [0.5, 0.6) is 0 Å². The van der Waals surface area contributed by atoms with Crippen molar-refractivity contribution in [3.05, 3.63) is 11.6 Å². The van der Waals surface area contributed by atoms with Gasteiger partial charge >= 0.3 is 0 Å². The lowest BCUT2D eigenvalue weighted by Crippen LogP contribution is -2.62. The molecule has 0 aromatic heterocycles. The van der Waals surface area contributed by atoms with E-state index in [1.807, 2.05) is 13.8 Å². The molecule has 0 spiro atoms. The average molecular weight is 495 g/mol. The van der Waals surface area contributed by atoms with Crippen LogP contribution < -0.4 is 0 Å². The van der Waals surface area contributed by atoms with Crippen LogP contribution in [0.15, 0.2) is 11.6 Å². The van der Waals surface area contributed by atoms with Gasteiger partial charge in [0.1, 0.15) is 5.60 Å². The number of aliphatic hydroxyl groups excluding tert-OH is 3. The minimum Gasteiger partial charge on any atom is -0.393 e. The van der Waals surface area contributed by atoms with Gasteiger partial charge in [0, 0.05) is 11.3 Å². The summed E-state index contributed by atoms with van der Waals surface area (Å²) in [7, 11) is 0. The number of hydrogen-bond acceptors (Lipinski definition) is 8. The van der Waals surface area contributed by atoms with Gasteiger partial charge in [-0.25, -0.2) is 0 Å². The molecule has 0 aromatic rings. The van der Waals surface area contributed by atoms with Gasteiger partial charge in [-0.1, -0.05) is 13.8 Å². The van der Waals surface area contributed by atoms with Crippen molar-refractivity contribution in [1.82, 2.24) is 0 Å². The van der Waals surface area contributed by atoms with E-state index in [2.05, 4.69) is 0 Å². The first-order valence-electron chi connectivity index (χ1n) is 13.0. The minimum absolute atomic E-state index is 0.117. The zero-order valence-electron chi connectivity index (χ0n) is 21.1. The molecule has 8 nitrogen and oxygen atoms in total. The Bertz CT molecular complexity index is 900. The molecule has 3 saturated carbocycles. The highest BCUT2D eigenvalue weighted by atomic mass is 16.3. The van der Waals surface area contributed by atoms with Crippen LogP contribution in [0.2, 0.25) is 0 Å². The van der Waals surface area contributed by atoms with Crippen LogP contribution in [0.3, 0.4) is 0 Å². The third-order valence-corrected chi connectivity index (χ3v) is 10.6. The van der Waals surface area contributed by atoms with Crippen molar-refractivity contribution in [1.29, 1.82) is 0 Å². The molecule has 4 rings (SSSR count). The van der Waals surface area contributed by atoms with Gasteiger partial charge in [0.2, 0.25) is 0 Å². The summed E-state index contributed by atoms with van der Waals surface area (Å²) in [5.41, 5.74) is -5.00. The Morgan fingerprint density at radius 2 is 1.77 bits per heavy atom. The van der Waals surface area contributed by atoms with Gasteiger partial charge in [0.05, 0.1) is 30.0 Å². The third kappa shape index (κ3) is 3.96. The summed E-state index contributed by atoms with van der Waals surface area (Å²) in [5.74, 6) is -1.08. The monoisotopic (exact) mass is 494 g/mol. The van der Waals surface area contributed by atoms with Crippen molar-refractivity contribution in [2.45, 2.75) is 108 Å². The van der Waals surface area contributed by atoms with Crippen molar-refractivity contribution in [2.75, 3.05) is 6.61 Å². The molecule has 0 bridgehead atoms. The molecule has 0 heterocycles. The SMILES string of the molecule is CC(O)(C=O)CCC[C@@](O)(CO)[C@H]1CC[C@@]2(O)C3=CC(=O)[C@@H]4C[C@@H](O)[C@@H](O)C[C@]4(C)[C@H]3CC[C@]12C. The zero-order chi connectivity index (χ0) is 26.0. The maximum absolute atomic E-state index is 13.3. The Hall–Kier alpha value is -1.16. The maximum atomic E-state index is 13.3. The Morgan fingerprint density at radius 1 is 1.09 bits per heavy atom. The van der Waals surface area contributed by atoms with Crippen LogP contribution in [-0.4, -0.2) is 78.3 Å². The van der Waals surface area contributed by atoms with Crippen LogP contribution >= 0.6 is 0 Å². The van der Waals surface area contributed by atoms with Crippen LogP contribution in [0.4, 0.5) is 0 Å². The molecule has 0 aromatic carbocycles. The highest BCUT2D eigenvalue weighted by Gasteiger charge is 2.68. The number of aliphatic hydroxyl groups is 6. The zero-order valence-corrected chi connectivity index (χ0v) is 21.1. The molecule has 10 atom stereocenters. The molecule has 6 N–H and O–H groups in total. The van der Waals surface area contributed by atoms with E-state index in [1.54, 1.807) is 6.08 Å². The van der Waals surface area contributed by atoms with E-state index in [-0.39, 0.29) is 31.0 Å². The molecule has 0 aliphatic heterocycles. The van der Waals surface area contributed by atoms with Crippen molar-refractivity contribution >= 4 is 12.1 Å². The van der Waals surface area contributed by atoms with Gasteiger partial charge in [-0.15, -0.1) is 0 Å². The summed E-state index contributed by atoms with van der Waals surface area (Å²) in [6.45, 7) is 4.83. The van der Waals surface area contributed by atoms with Crippen LogP contribution in [0.25, 0.3) is 0 Å². The van der Waals surface area contributed by atoms with E-state index >= 15 is 0 Å². The molecule has 0 amide bonds. The Balaban J connectivity index is 1.64. The molecule has 0 saturated heterocycles. The van der Waals surface area contributed by atoms with Gasteiger partial charge in [0.15, 0.2) is 12.1 Å². The fourth-order valence-electron chi connectivity index (χ4n) is 8.41. The van der Waals surface area contributed by atoms with Gasteiger partial charge < -0.3 is 35.4 Å². The number of aldehydes is 1. The second-order valence-electron chi connectivity index (χ2n) is 12.7. The number of ketones is 1. The number of carbonyl (C=O) groups is 2. The largest absolute Gasteiger partial charge is 0.393 e. The van der Waals surface area contributed by atoms with Gasteiger partial charge in [-0.2, -0.15) is 0 Å². The summed E-state index contributed by atoms with van der Waals surface area (Å²) >= 11 is 0. The first-order chi connectivity index (χ1) is 16.2. The van der Waals surface area contributed by atoms with E-state index in [0.29, 0.717) is 50.4 Å². The molecular weight excluding hydrogens is 452 g/mol. The molecule has 35 heavy (non-hydrogen) atoms. The van der Waals surface area contributed by atoms with Crippen LogP contribution in [0.1, 0.15) is 78.6 Å². The van der Waals surface area contributed by atoms with E-state index in [9.17, 15) is 40.2 Å². The molecule has 1 unspecified atom stereocenters. The fraction of sp³-hybridized carbons (Fsp3) is 0.852. The predicted molar refractivity (Wildman–Crippen MR) is 127 cm³/mol. The highest BCUT2D eigenvalue weighted by molar-refractivity contribution is 5.95. The summed E-state index contributed by atoms with van der Waals surface area (Å²) in [5, 5.41) is 64.7. The summed E-state index contributed by atoms with van der Waals surface area (Å²) in [6, 6.07) is 0. The summed E-state index contributed by atoms with van der Waals surface area (Å²) in [4.78, 5) is 24.3. The second kappa shape index (κ2) is 8.71. The number of fused-ring (bicyclic) bond motifs is 5. The van der Waals surface area contributed by atoms with E-state index in [0.717, 1.165) is 0 Å². The second-order valence-corrected chi connectivity index (χ2v) is 12.7. The van der Waals surface area contributed by atoms with E-state index in [4.69, 9.17) is 0 Å². The standard InChI is InChI=1S/C27H42O8/c1-23(33,14-28)7-4-8-26(34,15-29)22-6-10-27(35)17-11-19(30)18-12-20(31)21(32)13-24(18,2)16(17)5-9-25(22,27)3/h11,14,16,18,20-22,29,31-35H,4-10,12-13,15H2,1-3H3/t16-,18-,20+,21-,22-,23?,24+,25+,26+,27+/m0/s1. The normalized spacial score (nSPS) is 46.5. The van der Waals surface area contributed by atoms with Gasteiger partial charge in [0.25, 0.3) is 0 Å². The quantitative estimate of drug-likeness (QED) is 0.287. The topological polar surface area (TPSA) is 156 Å². The first-order valence-corrected chi connectivity index (χ1v) is 13.0. The lowest BCUT2D eigenvalue weighted by Gasteiger charge is -2.60. The van der Waals surface area contributed by atoms with Crippen molar-refractivity contribution < 1.29 is 40.2 Å². The Labute approximate surface area is 207 Å². The predicted octanol–water partition coefficient (Wildman–Crippen LogP) is 1.03. The van der Waals surface area contributed by atoms with E-state index < -0.39 is 58.3 Å². The first kappa shape index (κ1) is 26.9.